The molecular weight excluding hydrogens is 476 g/mol. The normalized spacial score (nSPS) is 14.5. The molecule has 0 unspecified atom stereocenters. The van der Waals surface area contributed by atoms with Gasteiger partial charge in [-0.2, -0.15) is 0 Å². The van der Waals surface area contributed by atoms with E-state index in [1.54, 1.807) is 12.1 Å². The Kier molecular flexibility index (Phi) is 7.62. The number of aliphatic carboxylic acids is 1. The molecule has 2 aromatic carbocycles. The van der Waals surface area contributed by atoms with Crippen LogP contribution in [0.4, 0.5) is 5.69 Å². The first-order valence-electron chi connectivity index (χ1n) is 10.1. The number of hydrogen-bond acceptors (Lipinski definition) is 7. The van der Waals surface area contributed by atoms with Crippen LogP contribution < -0.4 is 19.7 Å². The minimum absolute atomic E-state index is 0.0590. The van der Waals surface area contributed by atoms with Gasteiger partial charge in [-0.15, -0.1) is 6.58 Å². The average Bonchev–Trinajstić information content (AvgIpc) is 2.80. The zero-order valence-corrected chi connectivity index (χ0v) is 19.3. The summed E-state index contributed by atoms with van der Waals surface area (Å²) in [5.41, 5.74) is 0.777. The van der Waals surface area contributed by atoms with Crippen LogP contribution in [0.2, 0.25) is 0 Å². The van der Waals surface area contributed by atoms with E-state index in [1.165, 1.54) is 43.5 Å². The summed E-state index contributed by atoms with van der Waals surface area (Å²) in [6.07, 6.45) is 3.19. The lowest BCUT2D eigenvalue weighted by atomic mass is 10.0. The monoisotopic (exact) mass is 496 g/mol. The molecule has 0 aliphatic carbocycles. The number of nitrogens with one attached hydrogen (secondary N) is 1. The molecule has 1 saturated heterocycles. The topological polar surface area (TPSA) is 142 Å². The van der Waals surface area contributed by atoms with E-state index in [0.717, 1.165) is 4.90 Å². The molecule has 2 aromatic rings. The largest absolute Gasteiger partial charge is 0.493 e. The number of amides is 2. The number of benzene rings is 2. The zero-order chi connectivity index (χ0) is 25.7. The van der Waals surface area contributed by atoms with E-state index in [0.29, 0.717) is 17.5 Å². The predicted molar refractivity (Wildman–Crippen MR) is 130 cm³/mol. The van der Waals surface area contributed by atoms with Gasteiger partial charge >= 0.3 is 11.9 Å². The molecule has 0 radical (unpaired) electrons. The number of anilines is 1. The number of methoxy groups -OCH3 is 1. The minimum atomic E-state index is -1.19. The summed E-state index contributed by atoms with van der Waals surface area (Å²) < 4.78 is 10.7. The van der Waals surface area contributed by atoms with Crippen molar-refractivity contribution in [2.75, 3.05) is 18.6 Å². The molecule has 0 saturated carbocycles. The van der Waals surface area contributed by atoms with E-state index in [4.69, 9.17) is 26.8 Å². The summed E-state index contributed by atoms with van der Waals surface area (Å²) in [5.74, 6) is -3.45. The number of carboxylic acids is 2. The highest BCUT2D eigenvalue weighted by Crippen LogP contribution is 2.35. The number of thiocarbonyl (C=S) groups is 1. The highest BCUT2D eigenvalue weighted by molar-refractivity contribution is 7.80. The van der Waals surface area contributed by atoms with Crippen LogP contribution in [0.25, 0.3) is 6.08 Å². The molecule has 11 heteroatoms. The van der Waals surface area contributed by atoms with E-state index in [9.17, 15) is 24.3 Å². The third-order valence-electron chi connectivity index (χ3n) is 4.84. The molecule has 180 valence electrons. The van der Waals surface area contributed by atoms with Gasteiger partial charge in [-0.3, -0.25) is 19.8 Å². The van der Waals surface area contributed by atoms with Gasteiger partial charge in [-0.25, -0.2) is 9.59 Å². The van der Waals surface area contributed by atoms with Crippen LogP contribution in [0.15, 0.2) is 54.6 Å². The molecule has 3 N–H and O–H groups in total. The first-order chi connectivity index (χ1) is 16.7. The van der Waals surface area contributed by atoms with Crippen LogP contribution in [0.1, 0.15) is 21.5 Å². The van der Waals surface area contributed by atoms with Gasteiger partial charge in [0.05, 0.1) is 18.4 Å². The lowest BCUT2D eigenvalue weighted by molar-refractivity contribution is -0.139. The van der Waals surface area contributed by atoms with Gasteiger partial charge in [0.1, 0.15) is 5.57 Å². The molecule has 3 rings (SSSR count). The van der Waals surface area contributed by atoms with Crippen molar-refractivity contribution in [3.05, 3.63) is 71.3 Å². The van der Waals surface area contributed by atoms with Gasteiger partial charge in [0, 0.05) is 5.56 Å². The van der Waals surface area contributed by atoms with Crippen LogP contribution in [-0.4, -0.2) is 52.8 Å². The van der Waals surface area contributed by atoms with Crippen molar-refractivity contribution in [1.82, 2.24) is 5.32 Å². The Labute approximate surface area is 205 Å². The molecular formula is C24H20N2O8S. The van der Waals surface area contributed by atoms with E-state index < -0.39 is 30.4 Å². The summed E-state index contributed by atoms with van der Waals surface area (Å²) in [5, 5.41) is 20.5. The van der Waals surface area contributed by atoms with Crippen molar-refractivity contribution in [3.63, 3.8) is 0 Å². The molecule has 1 aliphatic rings. The van der Waals surface area contributed by atoms with E-state index in [-0.39, 0.29) is 33.4 Å². The van der Waals surface area contributed by atoms with Gasteiger partial charge in [-0.1, -0.05) is 12.1 Å². The number of aromatic carboxylic acids is 1. The summed E-state index contributed by atoms with van der Waals surface area (Å²) in [4.78, 5) is 49.2. The van der Waals surface area contributed by atoms with E-state index in [1.807, 2.05) is 0 Å². The predicted octanol–water partition coefficient (Wildman–Crippen LogP) is 2.42. The highest BCUT2D eigenvalue weighted by atomic mass is 32.1. The molecule has 0 atom stereocenters. The molecule has 0 bridgehead atoms. The lowest BCUT2D eigenvalue weighted by Gasteiger charge is -2.29. The first kappa shape index (κ1) is 25.1. The fraction of sp³-hybridized carbons (Fsp3) is 0.125. The fourth-order valence-electron chi connectivity index (χ4n) is 3.36. The highest BCUT2D eigenvalue weighted by Gasteiger charge is 2.35. The number of hydrogen-bond donors (Lipinski definition) is 3. The van der Waals surface area contributed by atoms with Crippen LogP contribution >= 0.6 is 12.2 Å². The molecule has 1 aliphatic heterocycles. The Balaban J connectivity index is 2.06. The number of carbonyl (C=O) groups excluding carboxylic acids is 2. The Hall–Kier alpha value is -4.51. The summed E-state index contributed by atoms with van der Waals surface area (Å²) in [6, 6.07) is 8.67. The number of allylic oxidation sites excluding steroid dienone is 1. The quantitative estimate of drug-likeness (QED) is 0.206. The maximum atomic E-state index is 13.3. The Morgan fingerprint density at radius 1 is 1.20 bits per heavy atom. The van der Waals surface area contributed by atoms with Crippen LogP contribution in [0, 0.1) is 0 Å². The lowest BCUT2D eigenvalue weighted by Crippen LogP contribution is -2.54. The van der Waals surface area contributed by atoms with Gasteiger partial charge in [0.15, 0.2) is 23.2 Å². The van der Waals surface area contributed by atoms with Gasteiger partial charge < -0.3 is 19.7 Å². The van der Waals surface area contributed by atoms with Gasteiger partial charge in [-0.05, 0) is 60.6 Å². The molecule has 2 amide bonds. The van der Waals surface area contributed by atoms with Crippen LogP contribution in [-0.2, 0) is 20.8 Å². The molecule has 0 aromatic heterocycles. The van der Waals surface area contributed by atoms with Crippen molar-refractivity contribution < 1.29 is 38.9 Å². The zero-order valence-electron chi connectivity index (χ0n) is 18.4. The standard InChI is InChI=1S/C24H20N2O8S/c1-3-5-14-8-13(10-18(33-2)20(14)34-12-19(27)28)9-17-21(29)25-24(35)26(22(17)30)16-7-4-6-15(11-16)23(31)32/h3-4,6-11H,1,5,12H2,2H3,(H,27,28)(H,31,32)(H,25,29,35). The molecule has 1 fully saturated rings. The smallest absolute Gasteiger partial charge is 0.341 e. The average molecular weight is 496 g/mol. The molecule has 35 heavy (non-hydrogen) atoms. The summed E-state index contributed by atoms with van der Waals surface area (Å²) in [7, 11) is 1.37. The SMILES string of the molecule is C=CCc1cc(C=C2C(=O)NC(=S)N(c3cccc(C(=O)O)c3)C2=O)cc(OC)c1OCC(=O)O. The van der Waals surface area contributed by atoms with E-state index >= 15 is 0 Å². The first-order valence-corrected chi connectivity index (χ1v) is 10.5. The van der Waals surface area contributed by atoms with Crippen molar-refractivity contribution in [2.24, 2.45) is 0 Å². The van der Waals surface area contributed by atoms with E-state index in [2.05, 4.69) is 11.9 Å². The van der Waals surface area contributed by atoms with Crippen LogP contribution in [0.5, 0.6) is 11.5 Å². The van der Waals surface area contributed by atoms with Crippen molar-refractivity contribution in [3.8, 4) is 11.5 Å². The molecule has 0 spiro atoms. The molecule has 10 nitrogen and oxygen atoms in total. The summed E-state index contributed by atoms with van der Waals surface area (Å²) in [6.45, 7) is 3.09. The van der Waals surface area contributed by atoms with Gasteiger partial charge in [0.2, 0.25) is 0 Å². The summed E-state index contributed by atoms with van der Waals surface area (Å²) >= 11 is 5.15. The fourth-order valence-corrected chi connectivity index (χ4v) is 3.64. The maximum absolute atomic E-state index is 13.3. The number of nitrogens with zero attached hydrogens (tertiary/aromatic N) is 1. The maximum Gasteiger partial charge on any atom is 0.341 e. The van der Waals surface area contributed by atoms with Crippen LogP contribution in [0.3, 0.4) is 0 Å². The van der Waals surface area contributed by atoms with Crippen molar-refractivity contribution in [1.29, 1.82) is 0 Å². The van der Waals surface area contributed by atoms with Gasteiger partial charge in [0.25, 0.3) is 11.8 Å². The number of carbonyl (C=O) groups is 4. The number of ether oxygens (including phenoxy) is 2. The Morgan fingerprint density at radius 2 is 1.94 bits per heavy atom. The molecule has 1 heterocycles. The second kappa shape index (κ2) is 10.6. The van der Waals surface area contributed by atoms with Crippen molar-refractivity contribution in [2.45, 2.75) is 6.42 Å². The number of rotatable bonds is 9. The van der Waals surface area contributed by atoms with Crippen molar-refractivity contribution >= 4 is 52.8 Å². The second-order valence-electron chi connectivity index (χ2n) is 7.20. The third-order valence-corrected chi connectivity index (χ3v) is 5.13. The third kappa shape index (κ3) is 5.53. The Bertz CT molecular complexity index is 1280. The number of carboxylic acid groups (broad SMARTS) is 2. The Morgan fingerprint density at radius 3 is 2.57 bits per heavy atom. The minimum Gasteiger partial charge on any atom is -0.493 e. The second-order valence-corrected chi connectivity index (χ2v) is 7.59.